The summed E-state index contributed by atoms with van der Waals surface area (Å²) in [6.45, 7) is 5.23. The Bertz CT molecular complexity index is 505. The van der Waals surface area contributed by atoms with E-state index in [9.17, 15) is 4.39 Å². The van der Waals surface area contributed by atoms with Crippen molar-refractivity contribution in [2.24, 2.45) is 10.7 Å². The third-order valence-electron chi connectivity index (χ3n) is 3.18. The first kappa shape index (κ1) is 13.7. The van der Waals surface area contributed by atoms with E-state index in [4.69, 9.17) is 10.5 Å². The fourth-order valence-electron chi connectivity index (χ4n) is 1.88. The molecular formula is C15H19FN2O. The summed E-state index contributed by atoms with van der Waals surface area (Å²) in [6.07, 6.45) is 3.14. The molecule has 3 nitrogen and oxygen atoms in total. The smallest absolute Gasteiger partial charge is 0.127 e. The SMILES string of the molecule is CC(C)c1ccc(/C(C=NC2COC2)=C/N)cc1F. The van der Waals surface area contributed by atoms with Crippen molar-refractivity contribution in [3.05, 3.63) is 41.3 Å². The van der Waals surface area contributed by atoms with Crippen LogP contribution in [0.25, 0.3) is 5.57 Å². The summed E-state index contributed by atoms with van der Waals surface area (Å²) in [7, 11) is 0. The van der Waals surface area contributed by atoms with E-state index >= 15 is 0 Å². The highest BCUT2D eigenvalue weighted by Crippen LogP contribution is 2.22. The molecule has 2 rings (SSSR count). The number of benzene rings is 1. The summed E-state index contributed by atoms with van der Waals surface area (Å²) >= 11 is 0. The molecule has 1 saturated heterocycles. The Morgan fingerprint density at radius 1 is 1.47 bits per heavy atom. The Morgan fingerprint density at radius 3 is 2.68 bits per heavy atom. The van der Waals surface area contributed by atoms with Crippen LogP contribution < -0.4 is 5.73 Å². The quantitative estimate of drug-likeness (QED) is 0.848. The minimum Gasteiger partial charge on any atom is -0.404 e. The van der Waals surface area contributed by atoms with Gasteiger partial charge < -0.3 is 10.5 Å². The lowest BCUT2D eigenvalue weighted by Crippen LogP contribution is -2.31. The second kappa shape index (κ2) is 5.97. The lowest BCUT2D eigenvalue weighted by Gasteiger charge is -2.21. The van der Waals surface area contributed by atoms with Crippen molar-refractivity contribution in [3.63, 3.8) is 0 Å². The summed E-state index contributed by atoms with van der Waals surface area (Å²) in [6, 6.07) is 5.39. The minimum absolute atomic E-state index is 0.167. The molecule has 0 amide bonds. The van der Waals surface area contributed by atoms with Gasteiger partial charge in [-0.25, -0.2) is 4.39 Å². The van der Waals surface area contributed by atoms with Crippen molar-refractivity contribution in [1.29, 1.82) is 0 Å². The zero-order chi connectivity index (χ0) is 13.8. The predicted octanol–water partition coefficient (Wildman–Crippen LogP) is 2.72. The van der Waals surface area contributed by atoms with E-state index in [0.717, 1.165) is 11.1 Å². The van der Waals surface area contributed by atoms with Crippen molar-refractivity contribution >= 4 is 11.8 Å². The molecule has 0 aromatic heterocycles. The van der Waals surface area contributed by atoms with E-state index in [0.29, 0.717) is 18.8 Å². The van der Waals surface area contributed by atoms with Crippen molar-refractivity contribution in [1.82, 2.24) is 0 Å². The second-order valence-electron chi connectivity index (χ2n) is 4.98. The van der Waals surface area contributed by atoms with Gasteiger partial charge in [0.25, 0.3) is 0 Å². The zero-order valence-electron chi connectivity index (χ0n) is 11.3. The summed E-state index contributed by atoms with van der Waals surface area (Å²) in [5.74, 6) is -0.0348. The van der Waals surface area contributed by atoms with Gasteiger partial charge in [-0.05, 0) is 23.1 Å². The molecule has 1 heterocycles. The molecule has 102 valence electrons. The molecule has 1 aromatic rings. The average Bonchev–Trinajstić information content (AvgIpc) is 2.31. The molecule has 1 aromatic carbocycles. The Morgan fingerprint density at radius 2 is 2.21 bits per heavy atom. The van der Waals surface area contributed by atoms with Gasteiger partial charge in [-0.3, -0.25) is 4.99 Å². The molecule has 0 atom stereocenters. The van der Waals surface area contributed by atoms with Gasteiger partial charge in [-0.2, -0.15) is 0 Å². The lowest BCUT2D eigenvalue weighted by atomic mass is 9.98. The number of nitrogens with two attached hydrogens (primary N) is 1. The molecular weight excluding hydrogens is 243 g/mol. The van der Waals surface area contributed by atoms with Gasteiger partial charge in [0.2, 0.25) is 0 Å². The molecule has 1 aliphatic rings. The summed E-state index contributed by atoms with van der Waals surface area (Å²) < 4.78 is 19.0. The maximum Gasteiger partial charge on any atom is 0.127 e. The maximum atomic E-state index is 13.9. The minimum atomic E-state index is -0.202. The zero-order valence-corrected chi connectivity index (χ0v) is 11.3. The van der Waals surface area contributed by atoms with Gasteiger partial charge in [0.15, 0.2) is 0 Å². The number of rotatable bonds is 4. The van der Waals surface area contributed by atoms with Gasteiger partial charge in [0.05, 0.1) is 19.3 Å². The molecule has 1 fully saturated rings. The lowest BCUT2D eigenvalue weighted by molar-refractivity contribution is 0.0136. The molecule has 0 spiro atoms. The molecule has 19 heavy (non-hydrogen) atoms. The Hall–Kier alpha value is -1.68. The van der Waals surface area contributed by atoms with E-state index in [1.54, 1.807) is 12.3 Å². The van der Waals surface area contributed by atoms with Crippen LogP contribution in [0.5, 0.6) is 0 Å². The van der Waals surface area contributed by atoms with E-state index in [2.05, 4.69) is 4.99 Å². The third kappa shape index (κ3) is 3.20. The van der Waals surface area contributed by atoms with Crippen molar-refractivity contribution in [2.75, 3.05) is 13.2 Å². The van der Waals surface area contributed by atoms with Crippen LogP contribution in [0.3, 0.4) is 0 Å². The van der Waals surface area contributed by atoms with E-state index < -0.39 is 0 Å². The number of hydrogen-bond acceptors (Lipinski definition) is 3. The topological polar surface area (TPSA) is 47.6 Å². The summed E-state index contributed by atoms with van der Waals surface area (Å²) in [5.41, 5.74) is 7.77. The first-order valence-electron chi connectivity index (χ1n) is 6.44. The molecule has 4 heteroatoms. The Kier molecular flexibility index (Phi) is 4.32. The van der Waals surface area contributed by atoms with E-state index in [1.165, 1.54) is 12.3 Å². The Labute approximate surface area is 113 Å². The summed E-state index contributed by atoms with van der Waals surface area (Å²) in [5, 5.41) is 0. The number of hydrogen-bond donors (Lipinski definition) is 1. The molecule has 0 unspecified atom stereocenters. The van der Waals surface area contributed by atoms with Crippen LogP contribution in [-0.4, -0.2) is 25.5 Å². The van der Waals surface area contributed by atoms with Crippen LogP contribution in [0.1, 0.15) is 30.9 Å². The van der Waals surface area contributed by atoms with Crippen LogP contribution >= 0.6 is 0 Å². The van der Waals surface area contributed by atoms with Crippen LogP contribution in [0, 0.1) is 5.82 Å². The number of nitrogens with zero attached hydrogens (tertiary/aromatic N) is 1. The van der Waals surface area contributed by atoms with Crippen molar-refractivity contribution in [3.8, 4) is 0 Å². The fourth-order valence-corrected chi connectivity index (χ4v) is 1.88. The van der Waals surface area contributed by atoms with Gasteiger partial charge in [0.1, 0.15) is 5.82 Å². The first-order chi connectivity index (χ1) is 9.11. The largest absolute Gasteiger partial charge is 0.404 e. The second-order valence-corrected chi connectivity index (χ2v) is 4.98. The van der Waals surface area contributed by atoms with Crippen LogP contribution in [0.4, 0.5) is 4.39 Å². The monoisotopic (exact) mass is 262 g/mol. The van der Waals surface area contributed by atoms with E-state index in [1.807, 2.05) is 19.9 Å². The molecule has 0 aliphatic carbocycles. The van der Waals surface area contributed by atoms with Gasteiger partial charge in [-0.15, -0.1) is 0 Å². The summed E-state index contributed by atoms with van der Waals surface area (Å²) in [4.78, 5) is 4.34. The van der Waals surface area contributed by atoms with Gasteiger partial charge >= 0.3 is 0 Å². The molecule has 0 saturated carbocycles. The van der Waals surface area contributed by atoms with Crippen LogP contribution in [0.2, 0.25) is 0 Å². The molecule has 2 N–H and O–H groups in total. The number of aliphatic imine (C=N–C) groups is 1. The molecule has 0 radical (unpaired) electrons. The highest BCUT2D eigenvalue weighted by Gasteiger charge is 2.16. The molecule has 0 bridgehead atoms. The van der Waals surface area contributed by atoms with Crippen molar-refractivity contribution < 1.29 is 9.13 Å². The fraction of sp³-hybridized carbons (Fsp3) is 0.400. The molecule has 1 aliphatic heterocycles. The maximum absolute atomic E-state index is 13.9. The predicted molar refractivity (Wildman–Crippen MR) is 75.8 cm³/mol. The average molecular weight is 262 g/mol. The Balaban J connectivity index is 2.19. The first-order valence-corrected chi connectivity index (χ1v) is 6.44. The van der Waals surface area contributed by atoms with Crippen LogP contribution in [-0.2, 0) is 4.74 Å². The highest BCUT2D eigenvalue weighted by molar-refractivity contribution is 6.09. The number of ether oxygens (including phenoxy) is 1. The normalized spacial score (nSPS) is 17.2. The number of halogens is 1. The van der Waals surface area contributed by atoms with Crippen LogP contribution in [0.15, 0.2) is 29.4 Å². The van der Waals surface area contributed by atoms with Crippen molar-refractivity contribution in [2.45, 2.75) is 25.8 Å². The number of allylic oxidation sites excluding steroid dienone is 1. The van der Waals surface area contributed by atoms with Gasteiger partial charge in [0, 0.05) is 18.0 Å². The van der Waals surface area contributed by atoms with Gasteiger partial charge in [-0.1, -0.05) is 26.0 Å². The van der Waals surface area contributed by atoms with E-state index in [-0.39, 0.29) is 17.8 Å². The highest BCUT2D eigenvalue weighted by atomic mass is 19.1. The third-order valence-corrected chi connectivity index (χ3v) is 3.18. The standard InChI is InChI=1S/C15H19FN2O/c1-10(2)14-4-3-11(5-15(14)16)12(6-17)7-18-13-8-19-9-13/h3-7,10,13H,8-9,17H2,1-2H3/b12-6+,18-7?.